The van der Waals surface area contributed by atoms with Gasteiger partial charge in [-0.3, -0.25) is 0 Å². The molecule has 0 spiro atoms. The number of ether oxygens (including phenoxy) is 2. The van der Waals surface area contributed by atoms with E-state index in [1.54, 1.807) is 0 Å². The molecule has 5 rings (SSSR count). The van der Waals surface area contributed by atoms with Crippen LogP contribution in [0.2, 0.25) is 0 Å². The molecule has 0 aliphatic rings. The van der Waals surface area contributed by atoms with Crippen molar-refractivity contribution in [2.45, 2.75) is 38.7 Å². The number of hydrogen-bond acceptors (Lipinski definition) is 6. The van der Waals surface area contributed by atoms with Gasteiger partial charge in [-0.25, -0.2) is 10.1 Å². The number of aromatic amines is 1. The lowest BCUT2D eigenvalue weighted by atomic mass is 10.0. The minimum absolute atomic E-state index is 0.455. The van der Waals surface area contributed by atoms with Crippen LogP contribution in [0.1, 0.15) is 35.5 Å². The van der Waals surface area contributed by atoms with Crippen molar-refractivity contribution in [2.75, 3.05) is 6.61 Å². The van der Waals surface area contributed by atoms with Gasteiger partial charge in [0.05, 0.1) is 17.8 Å². The highest BCUT2D eigenvalue weighted by Crippen LogP contribution is 2.20. The van der Waals surface area contributed by atoms with Crippen LogP contribution >= 0.6 is 0 Å². The zero-order valence-corrected chi connectivity index (χ0v) is 20.1. The molecule has 0 atom stereocenters. The minimum Gasteiger partial charge on any atom is -0.494 e. The molecular formula is C29H29N5O2. The third kappa shape index (κ3) is 6.66. The molecule has 3 aromatic carbocycles. The molecule has 0 aliphatic heterocycles. The second-order valence-electron chi connectivity index (χ2n) is 8.73. The van der Waals surface area contributed by atoms with Gasteiger partial charge >= 0.3 is 0 Å². The Balaban J connectivity index is 1.07. The number of hydrogen-bond donors (Lipinski definition) is 1. The van der Waals surface area contributed by atoms with Crippen LogP contribution in [-0.2, 0) is 25.9 Å². The molecule has 0 radical (unpaired) electrons. The number of tetrazole rings is 1. The molecule has 0 unspecified atom stereocenters. The number of nitrogens with one attached hydrogen (secondary N) is 1. The fourth-order valence-corrected chi connectivity index (χ4v) is 4.14. The smallest absolute Gasteiger partial charge is 0.148 e. The molecule has 0 saturated heterocycles. The standard InChI is InChI=1S/C29H29N5O2/c1-2-14-28-24(11-1)16-17-25(30-28)21-36-27-13-5-10-23(20-27)8-3-7-22-9-4-12-26(19-22)35-18-6-15-29-31-33-34-32-29/h1-2,4-5,9-14,16-17,19-20H,3,6-8,15,18,21H2,(H,31,32,33,34). The minimum atomic E-state index is 0.455. The average Bonchev–Trinajstić information content (AvgIpc) is 3.44. The van der Waals surface area contributed by atoms with E-state index in [4.69, 9.17) is 14.5 Å². The third-order valence-electron chi connectivity index (χ3n) is 5.99. The molecule has 5 aromatic rings. The van der Waals surface area contributed by atoms with Crippen LogP contribution in [0.3, 0.4) is 0 Å². The monoisotopic (exact) mass is 479 g/mol. The first-order chi connectivity index (χ1) is 17.8. The topological polar surface area (TPSA) is 85.8 Å². The van der Waals surface area contributed by atoms with Gasteiger partial charge < -0.3 is 9.47 Å². The summed E-state index contributed by atoms with van der Waals surface area (Å²) in [5.41, 5.74) is 4.47. The summed E-state index contributed by atoms with van der Waals surface area (Å²) in [6.07, 6.45) is 4.66. The Bertz CT molecular complexity index is 1390. The first-order valence-corrected chi connectivity index (χ1v) is 12.3. The van der Waals surface area contributed by atoms with Crippen molar-refractivity contribution in [1.82, 2.24) is 25.6 Å². The number of fused-ring (bicyclic) bond motifs is 1. The van der Waals surface area contributed by atoms with E-state index in [-0.39, 0.29) is 0 Å². The van der Waals surface area contributed by atoms with Crippen molar-refractivity contribution in [3.05, 3.63) is 108 Å². The molecule has 2 heterocycles. The van der Waals surface area contributed by atoms with Crippen molar-refractivity contribution in [3.63, 3.8) is 0 Å². The Morgan fingerprint density at radius 2 is 1.47 bits per heavy atom. The van der Waals surface area contributed by atoms with Crippen molar-refractivity contribution >= 4 is 10.9 Å². The Hall–Kier alpha value is -4.26. The Kier molecular flexibility index (Phi) is 7.78. The summed E-state index contributed by atoms with van der Waals surface area (Å²) in [7, 11) is 0. The summed E-state index contributed by atoms with van der Waals surface area (Å²) in [5.74, 6) is 2.56. The maximum Gasteiger partial charge on any atom is 0.148 e. The fourth-order valence-electron chi connectivity index (χ4n) is 4.14. The van der Waals surface area contributed by atoms with Crippen LogP contribution in [0.5, 0.6) is 11.5 Å². The molecule has 0 amide bonds. The van der Waals surface area contributed by atoms with Crippen molar-refractivity contribution in [1.29, 1.82) is 0 Å². The van der Waals surface area contributed by atoms with E-state index >= 15 is 0 Å². The van der Waals surface area contributed by atoms with Crippen molar-refractivity contribution in [2.24, 2.45) is 0 Å². The van der Waals surface area contributed by atoms with Crippen LogP contribution < -0.4 is 9.47 Å². The van der Waals surface area contributed by atoms with Gasteiger partial charge in [0.15, 0.2) is 0 Å². The van der Waals surface area contributed by atoms with Crippen molar-refractivity contribution in [3.8, 4) is 11.5 Å². The highest BCUT2D eigenvalue weighted by Gasteiger charge is 2.03. The summed E-state index contributed by atoms with van der Waals surface area (Å²) in [6.45, 7) is 1.09. The molecule has 0 aliphatic carbocycles. The van der Waals surface area contributed by atoms with E-state index in [9.17, 15) is 0 Å². The van der Waals surface area contributed by atoms with E-state index in [1.165, 1.54) is 11.1 Å². The van der Waals surface area contributed by atoms with E-state index in [0.717, 1.165) is 66.0 Å². The molecule has 182 valence electrons. The van der Waals surface area contributed by atoms with E-state index in [0.29, 0.717) is 13.2 Å². The van der Waals surface area contributed by atoms with Crippen molar-refractivity contribution < 1.29 is 9.47 Å². The predicted octanol–water partition coefficient (Wildman–Crippen LogP) is 5.51. The van der Waals surface area contributed by atoms with Gasteiger partial charge in [-0.1, -0.05) is 48.5 Å². The second kappa shape index (κ2) is 11.9. The Labute approximate surface area is 210 Å². The normalized spacial score (nSPS) is 11.0. The van der Waals surface area contributed by atoms with Gasteiger partial charge in [-0.15, -0.1) is 5.10 Å². The Morgan fingerprint density at radius 3 is 2.25 bits per heavy atom. The highest BCUT2D eigenvalue weighted by molar-refractivity contribution is 5.78. The summed E-state index contributed by atoms with van der Waals surface area (Å²) < 4.78 is 11.9. The highest BCUT2D eigenvalue weighted by atomic mass is 16.5. The second-order valence-corrected chi connectivity index (χ2v) is 8.73. The Morgan fingerprint density at radius 1 is 0.694 bits per heavy atom. The van der Waals surface area contributed by atoms with Crippen LogP contribution in [0, 0.1) is 0 Å². The van der Waals surface area contributed by atoms with Gasteiger partial charge in [0, 0.05) is 11.8 Å². The van der Waals surface area contributed by atoms with E-state index < -0.39 is 0 Å². The number of aryl methyl sites for hydroxylation is 3. The molecule has 0 bridgehead atoms. The average molecular weight is 480 g/mol. The summed E-state index contributed by atoms with van der Waals surface area (Å²) in [5, 5.41) is 15.0. The molecule has 36 heavy (non-hydrogen) atoms. The number of H-pyrrole nitrogens is 1. The van der Waals surface area contributed by atoms with E-state index in [1.807, 2.05) is 36.4 Å². The van der Waals surface area contributed by atoms with Gasteiger partial charge in [0.2, 0.25) is 0 Å². The van der Waals surface area contributed by atoms with Gasteiger partial charge in [-0.05, 0) is 83.6 Å². The molecular weight excluding hydrogens is 450 g/mol. The zero-order valence-electron chi connectivity index (χ0n) is 20.1. The molecule has 1 N–H and O–H groups in total. The SMILES string of the molecule is c1cc(CCCc2cccc(OCc3ccc4ccccc4n3)c2)cc(OCCCc2nnn[nH]2)c1. The van der Waals surface area contributed by atoms with Crippen LogP contribution in [0.15, 0.2) is 84.9 Å². The summed E-state index contributed by atoms with van der Waals surface area (Å²) in [4.78, 5) is 4.69. The zero-order chi connectivity index (χ0) is 24.4. The van der Waals surface area contributed by atoms with Crippen LogP contribution in [0.4, 0.5) is 0 Å². The third-order valence-corrected chi connectivity index (χ3v) is 5.99. The number of aromatic nitrogens is 5. The molecule has 0 fully saturated rings. The van der Waals surface area contributed by atoms with E-state index in [2.05, 4.69) is 69.2 Å². The number of rotatable bonds is 12. The molecule has 0 saturated carbocycles. The summed E-state index contributed by atoms with van der Waals surface area (Å²) >= 11 is 0. The lowest BCUT2D eigenvalue weighted by molar-refractivity contribution is 0.301. The number of pyridine rings is 1. The molecule has 7 heteroatoms. The lowest BCUT2D eigenvalue weighted by Gasteiger charge is -2.09. The summed E-state index contributed by atoms with van der Waals surface area (Å²) in [6, 6.07) is 28.9. The van der Waals surface area contributed by atoms with Crippen LogP contribution in [0.25, 0.3) is 10.9 Å². The molecule has 7 nitrogen and oxygen atoms in total. The van der Waals surface area contributed by atoms with Gasteiger partial charge in [0.1, 0.15) is 23.9 Å². The number of benzene rings is 3. The van der Waals surface area contributed by atoms with Gasteiger partial charge in [-0.2, -0.15) is 0 Å². The van der Waals surface area contributed by atoms with Crippen LogP contribution in [-0.4, -0.2) is 32.2 Å². The first kappa shape index (κ1) is 23.5. The molecule has 2 aromatic heterocycles. The maximum absolute atomic E-state index is 6.04. The predicted molar refractivity (Wildman–Crippen MR) is 139 cm³/mol. The largest absolute Gasteiger partial charge is 0.494 e. The first-order valence-electron chi connectivity index (χ1n) is 12.3. The maximum atomic E-state index is 6.04. The van der Waals surface area contributed by atoms with Gasteiger partial charge in [0.25, 0.3) is 0 Å². The lowest BCUT2D eigenvalue weighted by Crippen LogP contribution is -2.01. The number of nitrogens with zero attached hydrogens (tertiary/aromatic N) is 4. The quantitative estimate of drug-likeness (QED) is 0.237. The number of para-hydroxylation sites is 1. The fraction of sp³-hybridized carbons (Fsp3) is 0.241.